The minimum absolute atomic E-state index is 0.258. The summed E-state index contributed by atoms with van der Waals surface area (Å²) >= 11 is 0. The van der Waals surface area contributed by atoms with Gasteiger partial charge in [0.25, 0.3) is 0 Å². The van der Waals surface area contributed by atoms with Gasteiger partial charge in [-0.05, 0) is 13.8 Å². The van der Waals surface area contributed by atoms with Crippen LogP contribution in [-0.2, 0) is 4.74 Å². The molecule has 0 saturated carbocycles. The highest BCUT2D eigenvalue weighted by Gasteiger charge is 2.13. The molecule has 5 nitrogen and oxygen atoms in total. The number of hydrazine groups is 1. The molecule has 0 amide bonds. The standard InChI is InChI=1S/C8H18N4O/c1-7(2)10-8(11-9)12-3-5-13-6-4-12/h7H,3-6,9H2,1-2H3,(H,10,11). The van der Waals surface area contributed by atoms with E-state index in [0.717, 1.165) is 32.3 Å². The number of hydrogen-bond acceptors (Lipinski definition) is 3. The molecule has 13 heavy (non-hydrogen) atoms. The van der Waals surface area contributed by atoms with E-state index in [1.165, 1.54) is 0 Å². The van der Waals surface area contributed by atoms with Crippen molar-refractivity contribution in [2.24, 2.45) is 10.8 Å². The Bertz CT molecular complexity index is 175. The Labute approximate surface area is 78.9 Å². The van der Waals surface area contributed by atoms with Gasteiger partial charge in [-0.3, -0.25) is 5.43 Å². The zero-order chi connectivity index (χ0) is 9.68. The van der Waals surface area contributed by atoms with Crippen LogP contribution in [-0.4, -0.2) is 43.2 Å². The summed E-state index contributed by atoms with van der Waals surface area (Å²) in [6.45, 7) is 7.26. The van der Waals surface area contributed by atoms with E-state index in [9.17, 15) is 0 Å². The molecule has 0 atom stereocenters. The molecule has 0 bridgehead atoms. The van der Waals surface area contributed by atoms with Crippen LogP contribution in [0.25, 0.3) is 0 Å². The lowest BCUT2D eigenvalue weighted by Crippen LogP contribution is -2.49. The summed E-state index contributed by atoms with van der Waals surface area (Å²) in [6, 6.07) is 0.258. The van der Waals surface area contributed by atoms with Crippen LogP contribution >= 0.6 is 0 Å². The number of nitrogens with one attached hydrogen (secondary N) is 1. The fourth-order valence-electron chi connectivity index (χ4n) is 1.23. The maximum absolute atomic E-state index is 5.39. The summed E-state index contributed by atoms with van der Waals surface area (Å²) in [5.74, 6) is 6.15. The van der Waals surface area contributed by atoms with E-state index in [4.69, 9.17) is 10.6 Å². The molecule has 1 heterocycles. The van der Waals surface area contributed by atoms with E-state index in [2.05, 4.69) is 15.3 Å². The Hall–Kier alpha value is -0.810. The van der Waals surface area contributed by atoms with Crippen molar-refractivity contribution in [3.05, 3.63) is 0 Å². The van der Waals surface area contributed by atoms with Gasteiger partial charge in [0.15, 0.2) is 0 Å². The van der Waals surface area contributed by atoms with E-state index in [1.54, 1.807) is 0 Å². The van der Waals surface area contributed by atoms with Crippen molar-refractivity contribution in [1.29, 1.82) is 0 Å². The van der Waals surface area contributed by atoms with Crippen LogP contribution in [0.5, 0.6) is 0 Å². The number of nitrogens with two attached hydrogens (primary N) is 1. The lowest BCUT2D eigenvalue weighted by atomic mass is 10.4. The molecule has 0 radical (unpaired) electrons. The van der Waals surface area contributed by atoms with Gasteiger partial charge in [-0.1, -0.05) is 0 Å². The first-order valence-corrected chi connectivity index (χ1v) is 4.61. The lowest BCUT2D eigenvalue weighted by Gasteiger charge is -2.29. The van der Waals surface area contributed by atoms with Crippen LogP contribution in [0.15, 0.2) is 4.99 Å². The molecule has 1 aliphatic rings. The number of nitrogens with zero attached hydrogens (tertiary/aromatic N) is 2. The maximum atomic E-state index is 5.39. The molecule has 1 saturated heterocycles. The van der Waals surface area contributed by atoms with Crippen molar-refractivity contribution in [2.45, 2.75) is 19.9 Å². The van der Waals surface area contributed by atoms with Gasteiger partial charge in [-0.25, -0.2) is 10.8 Å². The van der Waals surface area contributed by atoms with Gasteiger partial charge in [0, 0.05) is 19.1 Å². The molecule has 3 N–H and O–H groups in total. The molecule has 76 valence electrons. The van der Waals surface area contributed by atoms with E-state index >= 15 is 0 Å². The molecule has 0 unspecified atom stereocenters. The molecule has 5 heteroatoms. The quantitative estimate of drug-likeness (QED) is 0.252. The number of hydrogen-bond donors (Lipinski definition) is 2. The number of morpholine rings is 1. The SMILES string of the molecule is CC(C)N=C(NN)N1CCOCC1. The van der Waals surface area contributed by atoms with Gasteiger partial charge < -0.3 is 9.64 Å². The van der Waals surface area contributed by atoms with Crippen LogP contribution in [0.4, 0.5) is 0 Å². The smallest absolute Gasteiger partial charge is 0.208 e. The third kappa shape index (κ3) is 3.20. The maximum Gasteiger partial charge on any atom is 0.208 e. The van der Waals surface area contributed by atoms with Crippen molar-refractivity contribution in [3.8, 4) is 0 Å². The number of ether oxygens (including phenoxy) is 1. The van der Waals surface area contributed by atoms with Crippen molar-refractivity contribution in [2.75, 3.05) is 26.3 Å². The molecule has 1 fully saturated rings. The first-order chi connectivity index (χ1) is 6.24. The zero-order valence-electron chi connectivity index (χ0n) is 8.29. The Kier molecular flexibility index (Phi) is 3.98. The summed E-state index contributed by atoms with van der Waals surface area (Å²) in [5, 5.41) is 0. The minimum Gasteiger partial charge on any atom is -0.378 e. The molecule has 0 aromatic carbocycles. The first-order valence-electron chi connectivity index (χ1n) is 4.61. The van der Waals surface area contributed by atoms with Gasteiger partial charge in [0.1, 0.15) is 0 Å². The number of rotatable bonds is 1. The molecule has 1 rings (SSSR count). The predicted octanol–water partition coefficient (Wildman–Crippen LogP) is -0.454. The van der Waals surface area contributed by atoms with Crippen LogP contribution in [0.2, 0.25) is 0 Å². The summed E-state index contributed by atoms with van der Waals surface area (Å²) < 4.78 is 5.23. The summed E-state index contributed by atoms with van der Waals surface area (Å²) in [7, 11) is 0. The fraction of sp³-hybridized carbons (Fsp3) is 0.875. The van der Waals surface area contributed by atoms with Crippen molar-refractivity contribution < 1.29 is 4.74 Å². The third-order valence-electron chi connectivity index (χ3n) is 1.82. The zero-order valence-corrected chi connectivity index (χ0v) is 8.29. The molecular weight excluding hydrogens is 168 g/mol. The largest absolute Gasteiger partial charge is 0.378 e. The Morgan fingerprint density at radius 1 is 1.46 bits per heavy atom. The highest BCUT2D eigenvalue weighted by Crippen LogP contribution is 1.98. The second-order valence-electron chi connectivity index (χ2n) is 3.29. The average Bonchev–Trinajstić information content (AvgIpc) is 2.15. The molecule has 0 aromatic heterocycles. The Morgan fingerprint density at radius 2 is 2.08 bits per heavy atom. The monoisotopic (exact) mass is 186 g/mol. The van der Waals surface area contributed by atoms with E-state index in [-0.39, 0.29) is 6.04 Å². The Balaban J connectivity index is 2.53. The Morgan fingerprint density at radius 3 is 2.54 bits per heavy atom. The van der Waals surface area contributed by atoms with Crippen LogP contribution in [0.1, 0.15) is 13.8 Å². The highest BCUT2D eigenvalue weighted by molar-refractivity contribution is 5.79. The minimum atomic E-state index is 0.258. The number of guanidine groups is 1. The topological polar surface area (TPSA) is 62.9 Å². The molecule has 1 aliphatic heterocycles. The predicted molar refractivity (Wildman–Crippen MR) is 52.3 cm³/mol. The summed E-state index contributed by atoms with van der Waals surface area (Å²) in [6.07, 6.45) is 0. The van der Waals surface area contributed by atoms with Crippen molar-refractivity contribution in [1.82, 2.24) is 10.3 Å². The van der Waals surface area contributed by atoms with E-state index in [1.807, 2.05) is 13.8 Å². The summed E-state index contributed by atoms with van der Waals surface area (Å²) in [5.41, 5.74) is 2.62. The fourth-order valence-corrected chi connectivity index (χ4v) is 1.23. The number of aliphatic imine (C=N–C) groups is 1. The normalized spacial score (nSPS) is 19.4. The van der Waals surface area contributed by atoms with Gasteiger partial charge in [-0.15, -0.1) is 0 Å². The third-order valence-corrected chi connectivity index (χ3v) is 1.82. The molecule has 0 aromatic rings. The van der Waals surface area contributed by atoms with E-state index in [0.29, 0.717) is 0 Å². The van der Waals surface area contributed by atoms with Crippen LogP contribution in [0, 0.1) is 0 Å². The first kappa shape index (κ1) is 10.3. The molecule has 0 aliphatic carbocycles. The van der Waals surface area contributed by atoms with Gasteiger partial charge in [-0.2, -0.15) is 0 Å². The highest BCUT2D eigenvalue weighted by atomic mass is 16.5. The lowest BCUT2D eigenvalue weighted by molar-refractivity contribution is 0.0663. The summed E-state index contributed by atoms with van der Waals surface area (Å²) in [4.78, 5) is 6.47. The van der Waals surface area contributed by atoms with Crippen LogP contribution in [0.3, 0.4) is 0 Å². The second-order valence-corrected chi connectivity index (χ2v) is 3.29. The van der Waals surface area contributed by atoms with Gasteiger partial charge in [0.2, 0.25) is 5.96 Å². The van der Waals surface area contributed by atoms with Gasteiger partial charge >= 0.3 is 0 Å². The van der Waals surface area contributed by atoms with Crippen molar-refractivity contribution in [3.63, 3.8) is 0 Å². The second kappa shape index (κ2) is 5.04. The average molecular weight is 186 g/mol. The molecule has 0 spiro atoms. The van der Waals surface area contributed by atoms with Gasteiger partial charge in [0.05, 0.1) is 13.2 Å². The van der Waals surface area contributed by atoms with E-state index < -0.39 is 0 Å². The van der Waals surface area contributed by atoms with Crippen LogP contribution < -0.4 is 11.3 Å². The molecular formula is C8H18N4O. The van der Waals surface area contributed by atoms with Crippen molar-refractivity contribution >= 4 is 5.96 Å².